The number of hydrogen-bond acceptors (Lipinski definition) is 6. The Hall–Kier alpha value is -3.52. The lowest BCUT2D eigenvalue weighted by Crippen LogP contribution is -2.43. The van der Waals surface area contributed by atoms with Crippen LogP contribution in [0, 0.1) is 0 Å². The minimum atomic E-state index is -0.349. The number of piperidine rings is 1. The van der Waals surface area contributed by atoms with E-state index in [0.717, 1.165) is 41.6 Å². The SMILES string of the molecule is COc1ccc2[nH]c(=O)c([C@@H](c3nnnn3Cc3ccccc3)N3CCCC[C@H]3C)cc2c1. The molecule has 2 aromatic heterocycles. The molecule has 0 spiro atoms. The highest BCUT2D eigenvalue weighted by molar-refractivity contribution is 5.80. The first-order chi connectivity index (χ1) is 16.1. The lowest BCUT2D eigenvalue weighted by molar-refractivity contribution is 0.117. The Kier molecular flexibility index (Phi) is 5.92. The predicted octanol–water partition coefficient (Wildman–Crippen LogP) is 3.54. The highest BCUT2D eigenvalue weighted by Crippen LogP contribution is 2.33. The van der Waals surface area contributed by atoms with Gasteiger partial charge in [0.05, 0.1) is 13.7 Å². The van der Waals surface area contributed by atoms with Crippen LogP contribution in [0.15, 0.2) is 59.4 Å². The van der Waals surface area contributed by atoms with Crippen molar-refractivity contribution < 1.29 is 4.74 Å². The summed E-state index contributed by atoms with van der Waals surface area (Å²) in [6, 6.07) is 17.7. The van der Waals surface area contributed by atoms with E-state index in [-0.39, 0.29) is 11.6 Å². The standard InChI is InChI=1S/C25H28N6O2/c1-17-8-6-7-13-30(17)23(24-27-28-29-31(24)16-18-9-4-3-5-10-18)21-15-19-14-20(33-2)11-12-22(19)26-25(21)32/h3-5,9-12,14-15,17,23H,6-8,13,16H2,1-2H3,(H,26,32)/t17-,23+/m1/s1. The fourth-order valence-electron chi connectivity index (χ4n) is 4.78. The summed E-state index contributed by atoms with van der Waals surface area (Å²) >= 11 is 0. The van der Waals surface area contributed by atoms with Gasteiger partial charge in [-0.1, -0.05) is 36.8 Å². The third kappa shape index (κ3) is 4.26. The molecule has 1 N–H and O–H groups in total. The van der Waals surface area contributed by atoms with Crippen molar-refractivity contribution in [1.82, 2.24) is 30.1 Å². The van der Waals surface area contributed by atoms with Crippen LogP contribution in [0.4, 0.5) is 0 Å². The Bertz CT molecular complexity index is 1300. The van der Waals surface area contributed by atoms with E-state index >= 15 is 0 Å². The van der Waals surface area contributed by atoms with E-state index in [1.165, 1.54) is 6.42 Å². The molecule has 170 valence electrons. The predicted molar refractivity (Wildman–Crippen MR) is 126 cm³/mol. The fourth-order valence-corrected chi connectivity index (χ4v) is 4.78. The molecular weight excluding hydrogens is 416 g/mol. The molecule has 0 saturated carbocycles. The van der Waals surface area contributed by atoms with Crippen molar-refractivity contribution in [3.63, 3.8) is 0 Å². The zero-order valence-electron chi connectivity index (χ0n) is 18.9. The number of H-pyrrole nitrogens is 1. The average molecular weight is 445 g/mol. The number of pyridine rings is 1. The zero-order valence-corrected chi connectivity index (χ0v) is 18.9. The molecule has 8 heteroatoms. The molecule has 1 saturated heterocycles. The molecule has 0 radical (unpaired) electrons. The smallest absolute Gasteiger partial charge is 0.253 e. The normalized spacial score (nSPS) is 17.8. The third-order valence-corrected chi connectivity index (χ3v) is 6.54. The van der Waals surface area contributed by atoms with E-state index in [4.69, 9.17) is 4.74 Å². The first kappa shape index (κ1) is 21.3. The molecule has 0 unspecified atom stereocenters. The number of methoxy groups -OCH3 is 1. The van der Waals surface area contributed by atoms with Crippen molar-refractivity contribution in [2.45, 2.75) is 44.8 Å². The second-order valence-electron chi connectivity index (χ2n) is 8.67. The van der Waals surface area contributed by atoms with Gasteiger partial charge in [-0.3, -0.25) is 9.69 Å². The van der Waals surface area contributed by atoms with E-state index in [1.54, 1.807) is 7.11 Å². The van der Waals surface area contributed by atoms with Crippen LogP contribution >= 0.6 is 0 Å². The van der Waals surface area contributed by atoms with Crippen LogP contribution in [0.5, 0.6) is 5.75 Å². The fraction of sp³-hybridized carbons (Fsp3) is 0.360. The Morgan fingerprint density at radius 1 is 1.15 bits per heavy atom. The molecule has 2 atom stereocenters. The number of nitrogens with zero attached hydrogens (tertiary/aromatic N) is 5. The molecule has 0 bridgehead atoms. The molecular formula is C25H28N6O2. The molecule has 1 fully saturated rings. The van der Waals surface area contributed by atoms with Crippen molar-refractivity contribution in [2.24, 2.45) is 0 Å². The average Bonchev–Trinajstić information content (AvgIpc) is 3.28. The van der Waals surface area contributed by atoms with Crippen LogP contribution in [0.3, 0.4) is 0 Å². The highest BCUT2D eigenvalue weighted by Gasteiger charge is 2.34. The van der Waals surface area contributed by atoms with Crippen LogP contribution in [0.2, 0.25) is 0 Å². The summed E-state index contributed by atoms with van der Waals surface area (Å²) in [4.78, 5) is 18.8. The zero-order chi connectivity index (χ0) is 22.8. The molecule has 0 aliphatic carbocycles. The topological polar surface area (TPSA) is 88.9 Å². The number of rotatable bonds is 6. The molecule has 1 aliphatic heterocycles. The summed E-state index contributed by atoms with van der Waals surface area (Å²) < 4.78 is 7.22. The van der Waals surface area contributed by atoms with E-state index in [9.17, 15) is 4.79 Å². The van der Waals surface area contributed by atoms with Gasteiger partial charge < -0.3 is 9.72 Å². The number of benzene rings is 2. The van der Waals surface area contributed by atoms with Crippen molar-refractivity contribution in [1.29, 1.82) is 0 Å². The summed E-state index contributed by atoms with van der Waals surface area (Å²) in [5.74, 6) is 1.43. The monoisotopic (exact) mass is 444 g/mol. The van der Waals surface area contributed by atoms with E-state index in [2.05, 4.69) is 44.5 Å². The summed E-state index contributed by atoms with van der Waals surface area (Å²) in [6.45, 7) is 3.65. The molecule has 2 aromatic carbocycles. The van der Waals surface area contributed by atoms with Gasteiger partial charge in [0, 0.05) is 22.5 Å². The summed E-state index contributed by atoms with van der Waals surface area (Å²) in [5.41, 5.74) is 2.41. The van der Waals surface area contributed by atoms with Gasteiger partial charge in [-0.15, -0.1) is 5.10 Å². The van der Waals surface area contributed by atoms with Crippen molar-refractivity contribution in [2.75, 3.05) is 13.7 Å². The van der Waals surface area contributed by atoms with Crippen LogP contribution < -0.4 is 10.3 Å². The van der Waals surface area contributed by atoms with Gasteiger partial charge in [-0.2, -0.15) is 0 Å². The second kappa shape index (κ2) is 9.15. The summed E-state index contributed by atoms with van der Waals surface area (Å²) in [5, 5.41) is 13.7. The first-order valence-electron chi connectivity index (χ1n) is 11.4. The van der Waals surface area contributed by atoms with Gasteiger partial charge >= 0.3 is 0 Å². The Balaban J connectivity index is 1.65. The van der Waals surface area contributed by atoms with Gasteiger partial charge in [0.25, 0.3) is 5.56 Å². The maximum absolute atomic E-state index is 13.4. The minimum absolute atomic E-state index is 0.121. The molecule has 5 rings (SSSR count). The number of nitrogens with one attached hydrogen (secondary N) is 1. The number of fused-ring (bicyclic) bond motifs is 1. The number of likely N-dealkylation sites (tertiary alicyclic amines) is 1. The molecule has 0 amide bonds. The first-order valence-corrected chi connectivity index (χ1v) is 11.4. The van der Waals surface area contributed by atoms with Crippen LogP contribution in [0.25, 0.3) is 10.9 Å². The summed E-state index contributed by atoms with van der Waals surface area (Å²) in [7, 11) is 1.64. The Morgan fingerprint density at radius 2 is 2.00 bits per heavy atom. The van der Waals surface area contributed by atoms with E-state index in [1.807, 2.05) is 47.1 Å². The molecule has 8 nitrogen and oxygen atoms in total. The van der Waals surface area contributed by atoms with Crippen molar-refractivity contribution in [3.8, 4) is 5.75 Å². The largest absolute Gasteiger partial charge is 0.497 e. The summed E-state index contributed by atoms with van der Waals surface area (Å²) in [6.07, 6.45) is 3.35. The quantitative estimate of drug-likeness (QED) is 0.489. The number of tetrazole rings is 1. The van der Waals surface area contributed by atoms with Crippen LogP contribution in [-0.2, 0) is 6.54 Å². The van der Waals surface area contributed by atoms with Gasteiger partial charge in [-0.05, 0) is 66.6 Å². The van der Waals surface area contributed by atoms with E-state index in [0.29, 0.717) is 24.0 Å². The van der Waals surface area contributed by atoms with Gasteiger partial charge in [0.2, 0.25) is 0 Å². The maximum Gasteiger partial charge on any atom is 0.253 e. The number of hydrogen-bond donors (Lipinski definition) is 1. The third-order valence-electron chi connectivity index (χ3n) is 6.54. The molecule has 1 aliphatic rings. The number of aromatic amines is 1. The maximum atomic E-state index is 13.4. The van der Waals surface area contributed by atoms with E-state index < -0.39 is 0 Å². The number of aromatic nitrogens is 5. The van der Waals surface area contributed by atoms with Gasteiger partial charge in [-0.25, -0.2) is 4.68 Å². The number of ether oxygens (including phenoxy) is 1. The van der Waals surface area contributed by atoms with Gasteiger partial charge in [0.1, 0.15) is 11.8 Å². The van der Waals surface area contributed by atoms with Crippen molar-refractivity contribution in [3.05, 3.63) is 81.9 Å². The molecule has 3 heterocycles. The Morgan fingerprint density at radius 3 is 2.79 bits per heavy atom. The lowest BCUT2D eigenvalue weighted by atomic mass is 9.96. The second-order valence-corrected chi connectivity index (χ2v) is 8.67. The minimum Gasteiger partial charge on any atom is -0.497 e. The van der Waals surface area contributed by atoms with Crippen LogP contribution in [0.1, 0.15) is 49.2 Å². The Labute approximate surface area is 192 Å². The highest BCUT2D eigenvalue weighted by atomic mass is 16.5. The van der Waals surface area contributed by atoms with Gasteiger partial charge in [0.15, 0.2) is 5.82 Å². The van der Waals surface area contributed by atoms with Crippen LogP contribution in [-0.4, -0.2) is 49.8 Å². The van der Waals surface area contributed by atoms with Crippen molar-refractivity contribution >= 4 is 10.9 Å². The molecule has 33 heavy (non-hydrogen) atoms. The molecule has 4 aromatic rings. The lowest BCUT2D eigenvalue weighted by Gasteiger charge is -2.38.